The molecule has 0 aromatic heterocycles. The number of carbonyl (C=O) groups is 1. The molecule has 0 atom stereocenters. The second kappa shape index (κ2) is 8.69. The zero-order valence-corrected chi connectivity index (χ0v) is 15.7. The van der Waals surface area contributed by atoms with E-state index >= 15 is 0 Å². The Balaban J connectivity index is 0.00000361. The fraction of sp³-hybridized carbons (Fsp3) is 0.857. The quantitative estimate of drug-likeness (QED) is 0.329. The Labute approximate surface area is 140 Å². The van der Waals surface area contributed by atoms with Crippen molar-refractivity contribution in [2.45, 2.75) is 34.1 Å². The first-order chi connectivity index (χ1) is 8.85. The van der Waals surface area contributed by atoms with Crippen molar-refractivity contribution in [1.29, 1.82) is 0 Å². The molecule has 6 heteroatoms. The zero-order valence-electron chi connectivity index (χ0n) is 13.3. The molecule has 1 aliphatic rings. The van der Waals surface area contributed by atoms with Gasteiger partial charge in [-0.3, -0.25) is 9.79 Å². The topological polar surface area (TPSA) is 56.7 Å². The van der Waals surface area contributed by atoms with E-state index in [1.165, 1.54) is 6.42 Å². The van der Waals surface area contributed by atoms with Crippen molar-refractivity contribution in [1.82, 2.24) is 15.5 Å². The lowest BCUT2D eigenvalue weighted by atomic mass is 9.93. The number of nitrogens with zero attached hydrogens (tertiary/aromatic N) is 2. The van der Waals surface area contributed by atoms with Gasteiger partial charge in [0.15, 0.2) is 5.96 Å². The number of hydrogen-bond acceptors (Lipinski definition) is 2. The van der Waals surface area contributed by atoms with E-state index in [0.717, 1.165) is 19.0 Å². The van der Waals surface area contributed by atoms with Crippen molar-refractivity contribution in [3.63, 3.8) is 0 Å². The summed E-state index contributed by atoms with van der Waals surface area (Å²) < 4.78 is 0. The highest BCUT2D eigenvalue weighted by atomic mass is 127. The van der Waals surface area contributed by atoms with Gasteiger partial charge in [0.2, 0.25) is 5.91 Å². The van der Waals surface area contributed by atoms with E-state index < -0.39 is 0 Å². The molecular formula is C14H29IN4O. The Morgan fingerprint density at radius 3 is 2.35 bits per heavy atom. The van der Waals surface area contributed by atoms with E-state index in [4.69, 9.17) is 0 Å². The van der Waals surface area contributed by atoms with Gasteiger partial charge in [0.25, 0.3) is 0 Å². The number of aliphatic imine (C=N–C) groups is 1. The molecule has 1 saturated heterocycles. The Bertz CT molecular complexity index is 342. The minimum absolute atomic E-state index is 0. The largest absolute Gasteiger partial charge is 0.354 e. The summed E-state index contributed by atoms with van der Waals surface area (Å²) in [6.07, 6.45) is 1.19. The Hall–Kier alpha value is -0.530. The van der Waals surface area contributed by atoms with Crippen molar-refractivity contribution >= 4 is 35.8 Å². The van der Waals surface area contributed by atoms with E-state index in [2.05, 4.69) is 34.4 Å². The Morgan fingerprint density at radius 1 is 1.30 bits per heavy atom. The molecule has 0 aromatic carbocycles. The number of likely N-dealkylation sites (tertiary alicyclic amines) is 1. The van der Waals surface area contributed by atoms with Crippen LogP contribution in [0.1, 0.15) is 34.1 Å². The smallest absolute Gasteiger partial charge is 0.222 e. The molecule has 0 unspecified atom stereocenters. The van der Waals surface area contributed by atoms with Crippen molar-refractivity contribution in [2.75, 3.05) is 33.2 Å². The molecule has 2 N–H and O–H groups in total. The van der Waals surface area contributed by atoms with Crippen LogP contribution in [0.5, 0.6) is 0 Å². The Morgan fingerprint density at radius 2 is 1.90 bits per heavy atom. The third-order valence-corrected chi connectivity index (χ3v) is 3.42. The van der Waals surface area contributed by atoms with E-state index in [-0.39, 0.29) is 35.8 Å². The molecule has 0 radical (unpaired) electrons. The number of hydrogen-bond donors (Lipinski definition) is 2. The van der Waals surface area contributed by atoms with Crippen LogP contribution in [0.25, 0.3) is 0 Å². The molecular weight excluding hydrogens is 367 g/mol. The van der Waals surface area contributed by atoms with Crippen molar-refractivity contribution < 1.29 is 4.79 Å². The fourth-order valence-corrected chi connectivity index (χ4v) is 2.19. The minimum atomic E-state index is 0. The van der Waals surface area contributed by atoms with Gasteiger partial charge in [-0.1, -0.05) is 27.7 Å². The van der Waals surface area contributed by atoms with Gasteiger partial charge >= 0.3 is 0 Å². The van der Waals surface area contributed by atoms with Crippen LogP contribution in [0.3, 0.4) is 0 Å². The first-order valence-electron chi connectivity index (χ1n) is 7.09. The average Bonchev–Trinajstić information content (AvgIpc) is 2.69. The summed E-state index contributed by atoms with van der Waals surface area (Å²) in [7, 11) is 1.81. The van der Waals surface area contributed by atoms with Gasteiger partial charge in [-0.25, -0.2) is 0 Å². The van der Waals surface area contributed by atoms with Gasteiger partial charge in [0.1, 0.15) is 0 Å². The summed E-state index contributed by atoms with van der Waals surface area (Å²) in [4.78, 5) is 18.0. The number of amides is 1. The molecule has 5 nitrogen and oxygen atoms in total. The number of nitrogens with one attached hydrogen (secondary N) is 2. The zero-order chi connectivity index (χ0) is 14.5. The van der Waals surface area contributed by atoms with Crippen LogP contribution in [0.15, 0.2) is 4.99 Å². The molecule has 0 aromatic rings. The molecule has 1 fully saturated rings. The predicted octanol–water partition coefficient (Wildman–Crippen LogP) is 1.68. The molecule has 0 saturated carbocycles. The number of carbonyl (C=O) groups excluding carboxylic acids is 1. The van der Waals surface area contributed by atoms with E-state index in [0.29, 0.717) is 18.5 Å². The second-order valence-corrected chi connectivity index (χ2v) is 6.26. The normalized spacial score (nSPS) is 17.9. The molecule has 1 rings (SSSR count). The van der Waals surface area contributed by atoms with Crippen LogP contribution >= 0.6 is 24.0 Å². The summed E-state index contributed by atoms with van der Waals surface area (Å²) in [6.45, 7) is 11.8. The molecule has 1 aliphatic heterocycles. The number of guanidine groups is 1. The average molecular weight is 396 g/mol. The summed E-state index contributed by atoms with van der Waals surface area (Å²) in [5, 5.41) is 6.20. The van der Waals surface area contributed by atoms with Gasteiger partial charge in [-0.05, 0) is 11.8 Å². The highest BCUT2D eigenvalue weighted by Crippen LogP contribution is 2.28. The predicted molar refractivity (Wildman–Crippen MR) is 94.6 cm³/mol. The molecule has 0 aliphatic carbocycles. The lowest BCUT2D eigenvalue weighted by Gasteiger charge is -2.23. The van der Waals surface area contributed by atoms with Gasteiger partial charge in [-0.15, -0.1) is 24.0 Å². The summed E-state index contributed by atoms with van der Waals surface area (Å²) in [5.74, 6) is 1.07. The highest BCUT2D eigenvalue weighted by Gasteiger charge is 2.30. The standard InChI is InChI=1S/C14H28N4O.HI/c1-11(2)12(19)16-7-8-17-13(15-5)18-9-6-14(3,4)10-18;/h11H,6-10H2,1-5H3,(H,15,17)(H,16,19);1H. The molecule has 1 heterocycles. The highest BCUT2D eigenvalue weighted by molar-refractivity contribution is 14.0. The maximum atomic E-state index is 11.4. The summed E-state index contributed by atoms with van der Waals surface area (Å²) in [5.41, 5.74) is 0.365. The third kappa shape index (κ3) is 6.28. The molecule has 20 heavy (non-hydrogen) atoms. The maximum absolute atomic E-state index is 11.4. The molecule has 0 bridgehead atoms. The summed E-state index contributed by atoms with van der Waals surface area (Å²) >= 11 is 0. The van der Waals surface area contributed by atoms with Crippen LogP contribution in [0.4, 0.5) is 0 Å². The maximum Gasteiger partial charge on any atom is 0.222 e. The van der Waals surface area contributed by atoms with E-state index in [9.17, 15) is 4.79 Å². The first-order valence-corrected chi connectivity index (χ1v) is 7.09. The van der Waals surface area contributed by atoms with Crippen LogP contribution < -0.4 is 10.6 Å². The number of halogens is 1. The third-order valence-electron chi connectivity index (χ3n) is 3.42. The first kappa shape index (κ1) is 19.5. The van der Waals surface area contributed by atoms with Crippen molar-refractivity contribution in [2.24, 2.45) is 16.3 Å². The molecule has 0 spiro atoms. The molecule has 118 valence electrons. The van der Waals surface area contributed by atoms with Crippen molar-refractivity contribution in [3.8, 4) is 0 Å². The molecule has 1 amide bonds. The second-order valence-electron chi connectivity index (χ2n) is 6.26. The van der Waals surface area contributed by atoms with Gasteiger partial charge in [0.05, 0.1) is 0 Å². The SMILES string of the molecule is CN=C(NCCNC(=O)C(C)C)N1CCC(C)(C)C1.I. The Kier molecular flexibility index (Phi) is 8.46. The number of rotatable bonds is 4. The lowest BCUT2D eigenvalue weighted by Crippen LogP contribution is -2.44. The van der Waals surface area contributed by atoms with E-state index in [1.54, 1.807) is 7.05 Å². The van der Waals surface area contributed by atoms with Gasteiger partial charge in [-0.2, -0.15) is 0 Å². The van der Waals surface area contributed by atoms with Crippen molar-refractivity contribution in [3.05, 3.63) is 0 Å². The lowest BCUT2D eigenvalue weighted by molar-refractivity contribution is -0.123. The van der Waals surface area contributed by atoms with Crippen LogP contribution in [-0.2, 0) is 4.79 Å². The summed E-state index contributed by atoms with van der Waals surface area (Å²) in [6, 6.07) is 0. The minimum Gasteiger partial charge on any atom is -0.354 e. The van der Waals surface area contributed by atoms with Crippen LogP contribution in [-0.4, -0.2) is 50.0 Å². The van der Waals surface area contributed by atoms with Gasteiger partial charge < -0.3 is 15.5 Å². The monoisotopic (exact) mass is 396 g/mol. The van der Waals surface area contributed by atoms with Crippen LogP contribution in [0, 0.1) is 11.3 Å². The fourth-order valence-electron chi connectivity index (χ4n) is 2.19. The van der Waals surface area contributed by atoms with Crippen LogP contribution in [0.2, 0.25) is 0 Å². The van der Waals surface area contributed by atoms with E-state index in [1.807, 2.05) is 13.8 Å². The van der Waals surface area contributed by atoms with Gasteiger partial charge in [0, 0.05) is 39.1 Å².